The molecule has 0 radical (unpaired) electrons. The Morgan fingerprint density at radius 2 is 1.02 bits per heavy atom. The zero-order valence-corrected chi connectivity index (χ0v) is 41.7. The van der Waals surface area contributed by atoms with E-state index in [0.29, 0.717) is 35.9 Å². The van der Waals surface area contributed by atoms with E-state index in [0.717, 1.165) is 70.4 Å². The lowest BCUT2D eigenvalue weighted by Gasteiger charge is -2.32. The predicted molar refractivity (Wildman–Crippen MR) is 250 cm³/mol. The first kappa shape index (κ1) is 57.5. The summed E-state index contributed by atoms with van der Waals surface area (Å²) >= 11 is 0. The van der Waals surface area contributed by atoms with Gasteiger partial charge in [0, 0.05) is 57.6 Å². The average molecular weight is 825 g/mol. The second-order valence-electron chi connectivity index (χ2n) is 18.6. The summed E-state index contributed by atoms with van der Waals surface area (Å²) in [4.78, 5) is 11.9. The molecule has 8 fully saturated rings. The first-order valence-corrected chi connectivity index (χ1v) is 25.5. The molecule has 0 amide bonds. The van der Waals surface area contributed by atoms with E-state index < -0.39 is 0 Å². The fourth-order valence-corrected chi connectivity index (χ4v) is 9.59. The molecule has 5 saturated heterocycles. The van der Waals surface area contributed by atoms with Gasteiger partial charge in [0.1, 0.15) is 5.78 Å². The maximum atomic E-state index is 11.9. The molecular weight excluding hydrogens is 721 g/mol. The van der Waals surface area contributed by atoms with Gasteiger partial charge in [0.2, 0.25) is 0 Å². The minimum absolute atomic E-state index is 0.00289. The van der Waals surface area contributed by atoms with Crippen LogP contribution in [0.2, 0.25) is 0 Å². The molecule has 3 aliphatic carbocycles. The first-order chi connectivity index (χ1) is 27.9. The molecular formula is C52H104O6. The lowest BCUT2D eigenvalue weighted by atomic mass is 9.70. The molecule has 8 atom stereocenters. The van der Waals surface area contributed by atoms with Gasteiger partial charge in [-0.05, 0) is 119 Å². The monoisotopic (exact) mass is 825 g/mol. The van der Waals surface area contributed by atoms with Crippen molar-refractivity contribution in [2.24, 2.45) is 40.4 Å². The molecule has 8 unspecified atom stereocenters. The summed E-state index contributed by atoms with van der Waals surface area (Å²) in [5.41, 5.74) is 0.251. The molecule has 5 aliphatic heterocycles. The van der Waals surface area contributed by atoms with E-state index in [1.165, 1.54) is 122 Å². The van der Waals surface area contributed by atoms with Gasteiger partial charge in [-0.15, -0.1) is 0 Å². The second kappa shape index (κ2) is 35.0. The summed E-state index contributed by atoms with van der Waals surface area (Å²) in [6, 6.07) is 0. The van der Waals surface area contributed by atoms with Gasteiger partial charge in [0.25, 0.3) is 0 Å². The quantitative estimate of drug-likeness (QED) is 0.281. The van der Waals surface area contributed by atoms with Gasteiger partial charge in [-0.1, -0.05) is 135 Å². The molecule has 6 heteroatoms. The highest BCUT2D eigenvalue weighted by Gasteiger charge is 2.64. The molecule has 3 saturated carbocycles. The average Bonchev–Trinajstić information content (AvgIpc) is 4.15. The third kappa shape index (κ3) is 22.0. The van der Waals surface area contributed by atoms with Crippen LogP contribution in [0.15, 0.2) is 0 Å². The van der Waals surface area contributed by atoms with Crippen molar-refractivity contribution in [2.45, 2.75) is 244 Å². The second-order valence-corrected chi connectivity index (χ2v) is 18.6. The number of ether oxygens (including phenoxy) is 5. The molecule has 5 heterocycles. The SMILES string of the molecule is CC.CC.CC1C(=O)C2(C)CCC1C2(C)C.CC1CCCO1.CC1CCOC1.CCC1CCCCC1.CCC1CCCO1.CCC1CCCO1.CCC1CCCOC1. The van der Waals surface area contributed by atoms with Crippen molar-refractivity contribution >= 4 is 5.78 Å². The maximum Gasteiger partial charge on any atom is 0.142 e. The van der Waals surface area contributed by atoms with Crippen molar-refractivity contribution in [3.8, 4) is 0 Å². The molecule has 0 aromatic carbocycles. The molecule has 8 aliphatic rings. The Morgan fingerprint density at radius 3 is 1.24 bits per heavy atom. The highest BCUT2D eigenvalue weighted by Crippen LogP contribution is 2.65. The summed E-state index contributed by atoms with van der Waals surface area (Å²) in [5.74, 6) is 4.26. The Hall–Kier alpha value is -0.530. The number of fused-ring (bicyclic) bond motifs is 2. The van der Waals surface area contributed by atoms with Crippen LogP contribution in [0.5, 0.6) is 0 Å². The molecule has 0 N–H and O–H groups in total. The molecule has 348 valence electrons. The molecule has 0 aromatic rings. The van der Waals surface area contributed by atoms with Crippen molar-refractivity contribution in [1.82, 2.24) is 0 Å². The van der Waals surface area contributed by atoms with E-state index in [1.54, 1.807) is 0 Å². The van der Waals surface area contributed by atoms with E-state index in [4.69, 9.17) is 23.7 Å². The van der Waals surface area contributed by atoms with E-state index in [9.17, 15) is 4.79 Å². The number of hydrogen-bond donors (Lipinski definition) is 0. The van der Waals surface area contributed by atoms with Crippen molar-refractivity contribution < 1.29 is 28.5 Å². The van der Waals surface area contributed by atoms with E-state index in [1.807, 2.05) is 27.7 Å². The maximum absolute atomic E-state index is 11.9. The third-order valence-electron chi connectivity index (χ3n) is 14.3. The van der Waals surface area contributed by atoms with Crippen LogP contribution < -0.4 is 0 Å². The first-order valence-electron chi connectivity index (χ1n) is 25.5. The smallest absolute Gasteiger partial charge is 0.142 e. The van der Waals surface area contributed by atoms with Crippen molar-refractivity contribution in [2.75, 3.05) is 46.2 Å². The van der Waals surface area contributed by atoms with Gasteiger partial charge in [-0.2, -0.15) is 0 Å². The largest absolute Gasteiger partial charge is 0.381 e. The van der Waals surface area contributed by atoms with Crippen LogP contribution in [0.3, 0.4) is 0 Å². The van der Waals surface area contributed by atoms with Gasteiger partial charge in [0.15, 0.2) is 0 Å². The molecule has 2 bridgehead atoms. The number of rotatable bonds is 4. The Labute approximate surface area is 363 Å². The minimum Gasteiger partial charge on any atom is -0.381 e. The van der Waals surface area contributed by atoms with Crippen molar-refractivity contribution in [3.63, 3.8) is 0 Å². The lowest BCUT2D eigenvalue weighted by molar-refractivity contribution is -0.131. The van der Waals surface area contributed by atoms with Crippen LogP contribution >= 0.6 is 0 Å². The fraction of sp³-hybridized carbons (Fsp3) is 0.981. The highest BCUT2D eigenvalue weighted by atomic mass is 16.5. The van der Waals surface area contributed by atoms with E-state index in [2.05, 4.69) is 69.2 Å². The number of carbonyl (C=O) groups is 1. The zero-order valence-electron chi connectivity index (χ0n) is 41.7. The summed E-state index contributed by atoms with van der Waals surface area (Å²) < 4.78 is 26.1. The van der Waals surface area contributed by atoms with Crippen LogP contribution in [0.4, 0.5) is 0 Å². The molecule has 58 heavy (non-hydrogen) atoms. The van der Waals surface area contributed by atoms with Crippen LogP contribution in [-0.4, -0.2) is 70.3 Å². The van der Waals surface area contributed by atoms with Crippen LogP contribution in [0.1, 0.15) is 225 Å². The van der Waals surface area contributed by atoms with Crippen molar-refractivity contribution in [1.29, 1.82) is 0 Å². The molecule has 6 nitrogen and oxygen atoms in total. The number of hydrogen-bond acceptors (Lipinski definition) is 6. The lowest BCUT2D eigenvalue weighted by Crippen LogP contribution is -2.33. The fourth-order valence-electron chi connectivity index (χ4n) is 9.59. The van der Waals surface area contributed by atoms with Crippen LogP contribution in [0.25, 0.3) is 0 Å². The molecule has 0 aromatic heterocycles. The standard InChI is InChI=1S/C11H18O.C8H16.C7H14O.2C6H12O.2C5H10O.2C2H6/c1-7-8-5-6-11(4,9(7)12)10(8,2)3;1-2-8-6-4-3-5-7-8;1-2-7-4-3-5-8-6-7;2*1-2-6-4-3-5-7-6;1-5-2-3-6-4-5;1-5-3-2-4-6-5;2*1-2/h7-8H,5-6H2,1-4H3;8H,2-7H2,1H3;7H,2-6H2,1H3;2*6H,2-5H2,1H3;2*5H,2-4H2,1H3;2*1-2H3. The number of Topliss-reactive ketones (excluding diaryl/α,β-unsaturated/α-hetero) is 1. The van der Waals surface area contributed by atoms with Crippen LogP contribution in [0, 0.1) is 40.4 Å². The highest BCUT2D eigenvalue weighted by molar-refractivity contribution is 5.91. The van der Waals surface area contributed by atoms with Crippen molar-refractivity contribution in [3.05, 3.63) is 0 Å². The molecule has 0 spiro atoms. The van der Waals surface area contributed by atoms with Gasteiger partial charge >= 0.3 is 0 Å². The van der Waals surface area contributed by atoms with E-state index >= 15 is 0 Å². The topological polar surface area (TPSA) is 63.2 Å². The summed E-state index contributed by atoms with van der Waals surface area (Å²) in [6.45, 7) is 37.0. The van der Waals surface area contributed by atoms with Gasteiger partial charge in [-0.3, -0.25) is 4.79 Å². The van der Waals surface area contributed by atoms with Gasteiger partial charge in [-0.25, -0.2) is 0 Å². The number of ketones is 1. The summed E-state index contributed by atoms with van der Waals surface area (Å²) in [6.07, 6.45) is 28.3. The van der Waals surface area contributed by atoms with Crippen LogP contribution in [-0.2, 0) is 28.5 Å². The van der Waals surface area contributed by atoms with E-state index in [-0.39, 0.29) is 10.8 Å². The third-order valence-corrected chi connectivity index (χ3v) is 14.3. The predicted octanol–water partition coefficient (Wildman–Crippen LogP) is 14.9. The number of carbonyl (C=O) groups excluding carboxylic acids is 1. The Morgan fingerprint density at radius 1 is 0.517 bits per heavy atom. The summed E-state index contributed by atoms with van der Waals surface area (Å²) in [7, 11) is 0. The Kier molecular flexibility index (Phi) is 34.7. The zero-order chi connectivity index (χ0) is 43.8. The molecule has 8 rings (SSSR count). The van der Waals surface area contributed by atoms with Gasteiger partial charge < -0.3 is 23.7 Å². The normalized spacial score (nSPS) is 32.7. The minimum atomic E-state index is -0.00289. The Bertz CT molecular complexity index is 855. The summed E-state index contributed by atoms with van der Waals surface area (Å²) in [5, 5.41) is 0. The Balaban J connectivity index is 0.000000652. The van der Waals surface area contributed by atoms with Gasteiger partial charge in [0.05, 0.1) is 18.3 Å².